The Kier molecular flexibility index (Phi) is 4.20. The lowest BCUT2D eigenvalue weighted by molar-refractivity contribution is -0.123. The Morgan fingerprint density at radius 3 is 2.87 bits per heavy atom. The van der Waals surface area contributed by atoms with E-state index in [4.69, 9.17) is 11.6 Å². The van der Waals surface area contributed by atoms with E-state index in [9.17, 15) is 14.0 Å². The minimum absolute atomic E-state index is 0.000542. The summed E-state index contributed by atoms with van der Waals surface area (Å²) in [5.41, 5.74) is 1.20. The number of rotatable bonds is 2. The molecule has 118 valence electrons. The van der Waals surface area contributed by atoms with Gasteiger partial charge in [0.1, 0.15) is 17.8 Å². The van der Waals surface area contributed by atoms with Gasteiger partial charge in [-0.1, -0.05) is 11.6 Å². The van der Waals surface area contributed by atoms with Crippen LogP contribution in [0.15, 0.2) is 30.6 Å². The third-order valence-corrected chi connectivity index (χ3v) is 3.72. The van der Waals surface area contributed by atoms with Crippen molar-refractivity contribution in [3.63, 3.8) is 0 Å². The number of hydrogen-bond donors (Lipinski definition) is 1. The maximum Gasteiger partial charge on any atom is 0.273 e. The first kappa shape index (κ1) is 15.4. The summed E-state index contributed by atoms with van der Waals surface area (Å²) in [7, 11) is 0. The van der Waals surface area contributed by atoms with Gasteiger partial charge >= 0.3 is 0 Å². The molecule has 1 aliphatic heterocycles. The highest BCUT2D eigenvalue weighted by Gasteiger charge is 2.23. The molecule has 0 spiro atoms. The van der Waals surface area contributed by atoms with E-state index in [1.807, 2.05) is 0 Å². The normalized spacial score (nSPS) is 14.5. The highest BCUT2D eigenvalue weighted by Crippen LogP contribution is 2.23. The molecule has 2 aromatic rings. The minimum Gasteiger partial charge on any atom is -0.353 e. The lowest BCUT2D eigenvalue weighted by Crippen LogP contribution is -2.50. The zero-order valence-corrected chi connectivity index (χ0v) is 12.7. The van der Waals surface area contributed by atoms with Crippen LogP contribution in [0.25, 0.3) is 11.3 Å². The Hall–Kier alpha value is -2.54. The number of piperazine rings is 1. The van der Waals surface area contributed by atoms with E-state index in [1.54, 1.807) is 0 Å². The summed E-state index contributed by atoms with van der Waals surface area (Å²) >= 11 is 5.77. The van der Waals surface area contributed by atoms with Crippen molar-refractivity contribution < 1.29 is 14.0 Å². The van der Waals surface area contributed by atoms with Crippen LogP contribution in [0.3, 0.4) is 0 Å². The molecule has 0 saturated carbocycles. The number of nitrogens with zero attached hydrogens (tertiary/aromatic N) is 3. The van der Waals surface area contributed by atoms with Crippen molar-refractivity contribution in [2.75, 3.05) is 19.6 Å². The number of carbonyl (C=O) groups is 2. The van der Waals surface area contributed by atoms with E-state index in [0.717, 1.165) is 0 Å². The first-order valence-corrected chi connectivity index (χ1v) is 7.26. The average molecular weight is 335 g/mol. The Labute approximate surface area is 136 Å². The van der Waals surface area contributed by atoms with Crippen LogP contribution in [0, 0.1) is 5.82 Å². The number of carbonyl (C=O) groups excluding carboxylic acids is 2. The summed E-state index contributed by atoms with van der Waals surface area (Å²) in [6.07, 6.45) is 1.25. The van der Waals surface area contributed by atoms with Gasteiger partial charge in [-0.2, -0.15) is 0 Å². The van der Waals surface area contributed by atoms with Crippen LogP contribution in [0.1, 0.15) is 10.5 Å². The number of halogens is 2. The molecule has 2 amide bonds. The van der Waals surface area contributed by atoms with E-state index in [-0.39, 0.29) is 29.1 Å². The Bertz CT molecular complexity index is 784. The van der Waals surface area contributed by atoms with Crippen LogP contribution < -0.4 is 5.32 Å². The quantitative estimate of drug-likeness (QED) is 0.903. The molecular formula is C15H12ClFN4O2. The van der Waals surface area contributed by atoms with Crippen LogP contribution in [-0.2, 0) is 4.79 Å². The first-order valence-electron chi connectivity index (χ1n) is 6.88. The molecule has 0 unspecified atom stereocenters. The third kappa shape index (κ3) is 3.29. The number of hydrogen-bond acceptors (Lipinski definition) is 4. The van der Waals surface area contributed by atoms with Crippen LogP contribution in [0.2, 0.25) is 5.02 Å². The van der Waals surface area contributed by atoms with Crippen LogP contribution >= 0.6 is 11.6 Å². The molecule has 1 fully saturated rings. The SMILES string of the molecule is O=C1CN(C(=O)c2cc(-c3ccc(F)c(Cl)c3)ncn2)CCN1. The largest absolute Gasteiger partial charge is 0.353 e. The van der Waals surface area contributed by atoms with Crippen molar-refractivity contribution in [2.45, 2.75) is 0 Å². The molecular weight excluding hydrogens is 323 g/mol. The summed E-state index contributed by atoms with van der Waals surface area (Å²) in [5.74, 6) is -1.08. The number of amides is 2. The predicted molar refractivity (Wildman–Crippen MR) is 81.3 cm³/mol. The second-order valence-corrected chi connectivity index (χ2v) is 5.40. The highest BCUT2D eigenvalue weighted by atomic mass is 35.5. The van der Waals surface area contributed by atoms with Gasteiger partial charge in [-0.05, 0) is 24.3 Å². The van der Waals surface area contributed by atoms with Crippen LogP contribution in [0.4, 0.5) is 4.39 Å². The standard InChI is InChI=1S/C15H12ClFN4O2/c16-10-5-9(1-2-11(10)17)12-6-13(20-8-19-12)15(23)21-4-3-18-14(22)7-21/h1-2,5-6,8H,3-4,7H2,(H,18,22). The summed E-state index contributed by atoms with van der Waals surface area (Å²) < 4.78 is 13.2. The number of benzene rings is 1. The molecule has 1 saturated heterocycles. The fourth-order valence-corrected chi connectivity index (χ4v) is 2.44. The van der Waals surface area contributed by atoms with Crippen molar-refractivity contribution in [3.05, 3.63) is 47.1 Å². The van der Waals surface area contributed by atoms with Gasteiger partial charge in [0, 0.05) is 18.7 Å². The lowest BCUT2D eigenvalue weighted by Gasteiger charge is -2.26. The van der Waals surface area contributed by atoms with Crippen molar-refractivity contribution >= 4 is 23.4 Å². The topological polar surface area (TPSA) is 75.2 Å². The van der Waals surface area contributed by atoms with Gasteiger partial charge < -0.3 is 10.2 Å². The van der Waals surface area contributed by atoms with Crippen LogP contribution in [0.5, 0.6) is 0 Å². The van der Waals surface area contributed by atoms with E-state index < -0.39 is 5.82 Å². The van der Waals surface area contributed by atoms with Crippen molar-refractivity contribution in [1.29, 1.82) is 0 Å². The molecule has 1 N–H and O–H groups in total. The molecule has 0 aliphatic carbocycles. The molecule has 3 rings (SSSR count). The molecule has 23 heavy (non-hydrogen) atoms. The summed E-state index contributed by atoms with van der Waals surface area (Å²) in [4.78, 5) is 33.3. The van der Waals surface area contributed by atoms with Gasteiger partial charge in [0.05, 0.1) is 17.3 Å². The predicted octanol–water partition coefficient (Wildman–Crippen LogP) is 1.51. The van der Waals surface area contributed by atoms with Crippen molar-refractivity contribution in [2.24, 2.45) is 0 Å². The first-order chi connectivity index (χ1) is 11.0. The Morgan fingerprint density at radius 1 is 1.30 bits per heavy atom. The monoisotopic (exact) mass is 334 g/mol. The second-order valence-electron chi connectivity index (χ2n) is 4.99. The Morgan fingerprint density at radius 2 is 2.13 bits per heavy atom. The summed E-state index contributed by atoms with van der Waals surface area (Å²) in [5, 5.41) is 2.63. The molecule has 0 bridgehead atoms. The van der Waals surface area contributed by atoms with Gasteiger partial charge in [-0.3, -0.25) is 9.59 Å². The average Bonchev–Trinajstić information content (AvgIpc) is 2.57. The molecule has 1 aliphatic rings. The fourth-order valence-electron chi connectivity index (χ4n) is 2.26. The maximum atomic E-state index is 13.2. The van der Waals surface area contributed by atoms with Crippen molar-refractivity contribution in [1.82, 2.24) is 20.2 Å². The molecule has 1 aromatic carbocycles. The molecule has 2 heterocycles. The summed E-state index contributed by atoms with van der Waals surface area (Å²) in [6.45, 7) is 0.836. The van der Waals surface area contributed by atoms with E-state index in [1.165, 1.54) is 35.5 Å². The molecule has 6 nitrogen and oxygen atoms in total. The number of nitrogens with one attached hydrogen (secondary N) is 1. The molecule has 8 heteroatoms. The van der Waals surface area contributed by atoms with Gasteiger partial charge in [0.15, 0.2) is 0 Å². The van der Waals surface area contributed by atoms with Gasteiger partial charge in [-0.15, -0.1) is 0 Å². The second kappa shape index (κ2) is 6.29. The van der Waals surface area contributed by atoms with E-state index in [2.05, 4.69) is 15.3 Å². The molecule has 0 atom stereocenters. The number of aromatic nitrogens is 2. The van der Waals surface area contributed by atoms with Crippen LogP contribution in [-0.4, -0.2) is 46.3 Å². The minimum atomic E-state index is -0.528. The van der Waals surface area contributed by atoms with Gasteiger partial charge in [0.25, 0.3) is 5.91 Å². The van der Waals surface area contributed by atoms with Crippen molar-refractivity contribution in [3.8, 4) is 11.3 Å². The van der Waals surface area contributed by atoms with Gasteiger partial charge in [-0.25, -0.2) is 14.4 Å². The smallest absolute Gasteiger partial charge is 0.273 e. The third-order valence-electron chi connectivity index (χ3n) is 3.43. The molecule has 0 radical (unpaired) electrons. The Balaban J connectivity index is 1.88. The zero-order chi connectivity index (χ0) is 16.4. The highest BCUT2D eigenvalue weighted by molar-refractivity contribution is 6.31. The van der Waals surface area contributed by atoms with E-state index in [0.29, 0.717) is 24.3 Å². The summed E-state index contributed by atoms with van der Waals surface area (Å²) in [6, 6.07) is 5.68. The fraction of sp³-hybridized carbons (Fsp3) is 0.200. The van der Waals surface area contributed by atoms with E-state index >= 15 is 0 Å². The maximum absolute atomic E-state index is 13.2. The van der Waals surface area contributed by atoms with Gasteiger partial charge in [0.2, 0.25) is 5.91 Å². The molecule has 1 aromatic heterocycles. The lowest BCUT2D eigenvalue weighted by atomic mass is 10.1. The zero-order valence-electron chi connectivity index (χ0n) is 11.9.